The molecule has 0 heterocycles. The molecule has 2 aromatic rings. The SMILES string of the molecule is Nc1ccc(C(=O)Nc2c(Br)cccc2Br)c(Cl)c1. The minimum absolute atomic E-state index is 0.294. The Balaban J connectivity index is 2.31. The Morgan fingerprint density at radius 2 is 1.79 bits per heavy atom. The van der Waals surface area contributed by atoms with Crippen molar-refractivity contribution in [2.75, 3.05) is 11.1 Å². The van der Waals surface area contributed by atoms with E-state index in [1.54, 1.807) is 18.2 Å². The predicted octanol–water partition coefficient (Wildman–Crippen LogP) is 4.70. The molecule has 0 aromatic heterocycles. The van der Waals surface area contributed by atoms with E-state index in [0.29, 0.717) is 22.0 Å². The number of carbonyl (C=O) groups is 1. The van der Waals surface area contributed by atoms with E-state index in [1.807, 2.05) is 18.2 Å². The molecule has 0 bridgehead atoms. The summed E-state index contributed by atoms with van der Waals surface area (Å²) in [5.41, 5.74) is 7.14. The lowest BCUT2D eigenvalue weighted by atomic mass is 10.2. The number of hydrogen-bond donors (Lipinski definition) is 2. The first-order chi connectivity index (χ1) is 8.99. The number of benzene rings is 2. The smallest absolute Gasteiger partial charge is 0.257 e. The van der Waals surface area contributed by atoms with Gasteiger partial charge in [0.05, 0.1) is 16.3 Å². The van der Waals surface area contributed by atoms with Gasteiger partial charge in [-0.1, -0.05) is 17.7 Å². The number of nitrogen functional groups attached to an aromatic ring is 1. The molecule has 19 heavy (non-hydrogen) atoms. The summed E-state index contributed by atoms with van der Waals surface area (Å²) in [6.07, 6.45) is 0. The lowest BCUT2D eigenvalue weighted by Crippen LogP contribution is -2.13. The lowest BCUT2D eigenvalue weighted by molar-refractivity contribution is 0.102. The van der Waals surface area contributed by atoms with Crippen molar-refractivity contribution in [3.63, 3.8) is 0 Å². The van der Waals surface area contributed by atoms with Crippen LogP contribution in [0.4, 0.5) is 11.4 Å². The van der Waals surface area contributed by atoms with Crippen LogP contribution in [0.25, 0.3) is 0 Å². The first-order valence-electron chi connectivity index (χ1n) is 5.29. The second-order valence-corrected chi connectivity index (χ2v) is 5.91. The molecule has 0 saturated carbocycles. The fraction of sp³-hybridized carbons (Fsp3) is 0. The molecule has 2 rings (SSSR count). The molecule has 2 aromatic carbocycles. The van der Waals surface area contributed by atoms with E-state index in [2.05, 4.69) is 37.2 Å². The van der Waals surface area contributed by atoms with Crippen molar-refractivity contribution in [1.82, 2.24) is 0 Å². The number of para-hydroxylation sites is 1. The summed E-state index contributed by atoms with van der Waals surface area (Å²) in [5, 5.41) is 3.12. The standard InChI is InChI=1S/C13H9Br2ClN2O/c14-9-2-1-3-10(15)12(9)18-13(19)8-5-4-7(17)6-11(8)16/h1-6H,17H2,(H,18,19). The number of hydrogen-bond acceptors (Lipinski definition) is 2. The summed E-state index contributed by atoms with van der Waals surface area (Å²) in [7, 11) is 0. The molecule has 0 atom stereocenters. The van der Waals surface area contributed by atoms with Gasteiger partial charge in [0.15, 0.2) is 0 Å². The minimum Gasteiger partial charge on any atom is -0.399 e. The summed E-state index contributed by atoms with van der Waals surface area (Å²) < 4.78 is 1.56. The Morgan fingerprint density at radius 3 is 2.37 bits per heavy atom. The van der Waals surface area contributed by atoms with Crippen molar-refractivity contribution in [3.05, 3.63) is 55.9 Å². The highest BCUT2D eigenvalue weighted by molar-refractivity contribution is 9.11. The molecule has 1 amide bonds. The normalized spacial score (nSPS) is 10.3. The first-order valence-corrected chi connectivity index (χ1v) is 7.26. The highest BCUT2D eigenvalue weighted by Gasteiger charge is 2.13. The highest BCUT2D eigenvalue weighted by atomic mass is 79.9. The Labute approximate surface area is 132 Å². The maximum absolute atomic E-state index is 12.2. The molecule has 0 spiro atoms. The third-order valence-corrected chi connectivity index (χ3v) is 4.07. The average Bonchev–Trinajstić information content (AvgIpc) is 2.33. The van der Waals surface area contributed by atoms with Gasteiger partial charge in [0, 0.05) is 14.6 Å². The molecule has 0 aliphatic heterocycles. The fourth-order valence-electron chi connectivity index (χ4n) is 1.51. The highest BCUT2D eigenvalue weighted by Crippen LogP contribution is 2.31. The molecular weight excluding hydrogens is 395 g/mol. The Bertz CT molecular complexity index is 626. The topological polar surface area (TPSA) is 55.1 Å². The Kier molecular flexibility index (Phi) is 4.50. The number of rotatable bonds is 2. The first kappa shape index (κ1) is 14.4. The van der Waals surface area contributed by atoms with Gasteiger partial charge in [-0.3, -0.25) is 4.79 Å². The van der Waals surface area contributed by atoms with E-state index in [-0.39, 0.29) is 5.91 Å². The molecule has 3 N–H and O–H groups in total. The van der Waals surface area contributed by atoms with Gasteiger partial charge in [-0.25, -0.2) is 0 Å². The van der Waals surface area contributed by atoms with E-state index in [0.717, 1.165) is 8.95 Å². The number of amides is 1. The van der Waals surface area contributed by atoms with Gasteiger partial charge in [-0.15, -0.1) is 0 Å². The van der Waals surface area contributed by atoms with Crippen LogP contribution in [0.2, 0.25) is 5.02 Å². The molecule has 0 unspecified atom stereocenters. The van der Waals surface area contributed by atoms with Gasteiger partial charge in [0.1, 0.15) is 0 Å². The summed E-state index contributed by atoms with van der Waals surface area (Å²) in [6, 6.07) is 10.3. The Hall–Kier alpha value is -1.04. The fourth-order valence-corrected chi connectivity index (χ4v) is 2.99. The van der Waals surface area contributed by atoms with Crippen molar-refractivity contribution >= 4 is 60.7 Å². The molecule has 0 saturated heterocycles. The molecule has 6 heteroatoms. The molecule has 98 valence electrons. The van der Waals surface area contributed by atoms with E-state index in [1.165, 1.54) is 0 Å². The molecule has 0 radical (unpaired) electrons. The van der Waals surface area contributed by atoms with Gasteiger partial charge >= 0.3 is 0 Å². The third-order valence-electron chi connectivity index (χ3n) is 2.44. The van der Waals surface area contributed by atoms with E-state index in [4.69, 9.17) is 17.3 Å². The van der Waals surface area contributed by atoms with E-state index >= 15 is 0 Å². The average molecular weight is 404 g/mol. The van der Waals surface area contributed by atoms with E-state index in [9.17, 15) is 4.79 Å². The second-order valence-electron chi connectivity index (χ2n) is 3.79. The maximum Gasteiger partial charge on any atom is 0.257 e. The zero-order chi connectivity index (χ0) is 14.0. The van der Waals surface area contributed by atoms with Crippen LogP contribution in [-0.2, 0) is 0 Å². The molecule has 0 aliphatic carbocycles. The van der Waals surface area contributed by atoms with Crippen molar-refractivity contribution in [3.8, 4) is 0 Å². The number of nitrogens with one attached hydrogen (secondary N) is 1. The minimum atomic E-state index is -0.294. The number of carbonyl (C=O) groups excluding carboxylic acids is 1. The molecular formula is C13H9Br2ClN2O. The van der Waals surface area contributed by atoms with Gasteiger partial charge in [-0.2, -0.15) is 0 Å². The van der Waals surface area contributed by atoms with Crippen molar-refractivity contribution in [2.45, 2.75) is 0 Å². The largest absolute Gasteiger partial charge is 0.399 e. The van der Waals surface area contributed by atoms with Crippen molar-refractivity contribution < 1.29 is 4.79 Å². The summed E-state index contributed by atoms with van der Waals surface area (Å²) in [4.78, 5) is 12.2. The molecule has 3 nitrogen and oxygen atoms in total. The maximum atomic E-state index is 12.2. The number of halogens is 3. The second kappa shape index (κ2) is 5.94. The quantitative estimate of drug-likeness (QED) is 0.713. The van der Waals surface area contributed by atoms with Gasteiger partial charge < -0.3 is 11.1 Å². The third kappa shape index (κ3) is 3.29. The number of anilines is 2. The van der Waals surface area contributed by atoms with Crippen LogP contribution in [0.3, 0.4) is 0 Å². The Morgan fingerprint density at radius 1 is 1.16 bits per heavy atom. The van der Waals surface area contributed by atoms with Gasteiger partial charge in [0.25, 0.3) is 5.91 Å². The zero-order valence-electron chi connectivity index (χ0n) is 9.58. The van der Waals surface area contributed by atoms with Crippen molar-refractivity contribution in [1.29, 1.82) is 0 Å². The molecule has 0 aliphatic rings. The lowest BCUT2D eigenvalue weighted by Gasteiger charge is -2.10. The van der Waals surface area contributed by atoms with Crippen molar-refractivity contribution in [2.24, 2.45) is 0 Å². The summed E-state index contributed by atoms with van der Waals surface area (Å²) >= 11 is 12.8. The number of nitrogens with two attached hydrogens (primary N) is 1. The van der Waals surface area contributed by atoms with Gasteiger partial charge in [-0.05, 0) is 62.2 Å². The van der Waals surface area contributed by atoms with E-state index < -0.39 is 0 Å². The van der Waals surface area contributed by atoms with Gasteiger partial charge in [0.2, 0.25) is 0 Å². The van der Waals surface area contributed by atoms with Crippen LogP contribution >= 0.6 is 43.5 Å². The monoisotopic (exact) mass is 402 g/mol. The zero-order valence-corrected chi connectivity index (χ0v) is 13.5. The van der Waals surface area contributed by atoms with Crippen LogP contribution in [-0.4, -0.2) is 5.91 Å². The van der Waals surface area contributed by atoms with Crippen LogP contribution < -0.4 is 11.1 Å². The van der Waals surface area contributed by atoms with Crippen LogP contribution in [0, 0.1) is 0 Å². The van der Waals surface area contributed by atoms with Crippen LogP contribution in [0.1, 0.15) is 10.4 Å². The van der Waals surface area contributed by atoms with Crippen LogP contribution in [0.5, 0.6) is 0 Å². The summed E-state index contributed by atoms with van der Waals surface area (Å²) in [6.45, 7) is 0. The molecule has 0 fully saturated rings. The van der Waals surface area contributed by atoms with Crippen LogP contribution in [0.15, 0.2) is 45.3 Å². The summed E-state index contributed by atoms with van der Waals surface area (Å²) in [5.74, 6) is -0.294. The predicted molar refractivity (Wildman–Crippen MR) is 85.7 cm³/mol.